The van der Waals surface area contributed by atoms with E-state index in [1.807, 2.05) is 7.05 Å². The van der Waals surface area contributed by atoms with Gasteiger partial charge in [0.2, 0.25) is 0 Å². The zero-order valence-corrected chi connectivity index (χ0v) is 17.9. The van der Waals surface area contributed by atoms with Crippen LogP contribution in [0.1, 0.15) is 39.5 Å². The van der Waals surface area contributed by atoms with Crippen molar-refractivity contribution >= 4 is 5.82 Å². The molecule has 1 aromatic carbocycles. The van der Waals surface area contributed by atoms with Gasteiger partial charge < -0.3 is 19.9 Å². The van der Waals surface area contributed by atoms with Crippen LogP contribution in [0.15, 0.2) is 37.1 Å². The highest BCUT2D eigenvalue weighted by molar-refractivity contribution is 5.66. The van der Waals surface area contributed by atoms with Gasteiger partial charge in [0.05, 0.1) is 23.8 Å². The molecule has 31 heavy (non-hydrogen) atoms. The fraction of sp³-hybridized carbons (Fsp3) is 0.455. The standard InChI is InChI=1S/C22H26FN7O/c1-21-4-5-22(2,28-21)11-14(10-21)29(3)19-12-25-20(27-26-19)15-8-16(23)17(9-18(15)31)30-7-6-24-13-30/h6-9,12-14,28,31H,4-5,10-11H2,1-3H3/t14?,21-,22+. The molecule has 2 saturated heterocycles. The summed E-state index contributed by atoms with van der Waals surface area (Å²) in [7, 11) is 2.02. The molecule has 162 valence electrons. The summed E-state index contributed by atoms with van der Waals surface area (Å²) in [5, 5.41) is 22.8. The molecular weight excluding hydrogens is 397 g/mol. The van der Waals surface area contributed by atoms with E-state index in [-0.39, 0.29) is 33.9 Å². The number of aromatic hydroxyl groups is 1. The zero-order valence-electron chi connectivity index (χ0n) is 17.9. The van der Waals surface area contributed by atoms with E-state index in [0.717, 1.165) is 12.8 Å². The third-order valence-electron chi connectivity index (χ3n) is 6.75. The van der Waals surface area contributed by atoms with Gasteiger partial charge in [-0.15, -0.1) is 10.2 Å². The van der Waals surface area contributed by atoms with E-state index >= 15 is 0 Å². The van der Waals surface area contributed by atoms with Gasteiger partial charge in [-0.1, -0.05) is 0 Å². The largest absolute Gasteiger partial charge is 0.507 e. The molecular formula is C22H26FN7O. The number of phenolic OH excluding ortho intramolecular Hbond substituents is 1. The molecule has 2 bridgehead atoms. The molecule has 0 aliphatic carbocycles. The summed E-state index contributed by atoms with van der Waals surface area (Å²) in [5.74, 6) is 0.207. The molecule has 0 radical (unpaired) electrons. The Morgan fingerprint density at radius 1 is 1.19 bits per heavy atom. The number of anilines is 1. The number of nitrogens with one attached hydrogen (secondary N) is 1. The van der Waals surface area contributed by atoms with Crippen molar-refractivity contribution < 1.29 is 9.50 Å². The Hall–Kier alpha value is -3.07. The van der Waals surface area contributed by atoms with E-state index < -0.39 is 5.82 Å². The fourth-order valence-corrected chi connectivity index (χ4v) is 5.17. The normalized spacial score (nSPS) is 27.4. The number of phenols is 1. The number of fused-ring (bicyclic) bond motifs is 2. The molecule has 9 heteroatoms. The minimum atomic E-state index is -0.512. The summed E-state index contributed by atoms with van der Waals surface area (Å²) in [6.07, 6.45) is 10.7. The second kappa shape index (κ2) is 6.98. The van der Waals surface area contributed by atoms with Crippen molar-refractivity contribution in [1.29, 1.82) is 0 Å². The van der Waals surface area contributed by atoms with E-state index in [9.17, 15) is 9.50 Å². The highest BCUT2D eigenvalue weighted by Crippen LogP contribution is 2.43. The van der Waals surface area contributed by atoms with Crippen molar-refractivity contribution in [2.45, 2.75) is 56.7 Å². The SMILES string of the molecule is CN(c1cnc(-c2cc(F)c(-n3ccnc3)cc2O)nn1)C1C[C@]2(C)CC[C@](C)(C1)N2. The van der Waals surface area contributed by atoms with E-state index in [2.05, 4.69) is 44.2 Å². The third-order valence-corrected chi connectivity index (χ3v) is 6.75. The van der Waals surface area contributed by atoms with Gasteiger partial charge in [-0.2, -0.15) is 0 Å². The van der Waals surface area contributed by atoms with Gasteiger partial charge in [-0.05, 0) is 45.6 Å². The van der Waals surface area contributed by atoms with Crippen LogP contribution in [0.5, 0.6) is 5.75 Å². The van der Waals surface area contributed by atoms with E-state index in [4.69, 9.17) is 0 Å². The number of hydrogen-bond acceptors (Lipinski definition) is 7. The summed E-state index contributed by atoms with van der Waals surface area (Å²) < 4.78 is 16.1. The Morgan fingerprint density at radius 2 is 1.94 bits per heavy atom. The molecule has 3 atom stereocenters. The molecule has 0 amide bonds. The molecule has 2 aliphatic heterocycles. The number of benzene rings is 1. The molecule has 3 aromatic rings. The van der Waals surface area contributed by atoms with Gasteiger partial charge in [0, 0.05) is 42.6 Å². The predicted molar refractivity (Wildman–Crippen MR) is 115 cm³/mol. The molecule has 4 heterocycles. The molecule has 2 N–H and O–H groups in total. The van der Waals surface area contributed by atoms with Crippen LogP contribution < -0.4 is 10.2 Å². The lowest BCUT2D eigenvalue weighted by Gasteiger charge is -2.45. The summed E-state index contributed by atoms with van der Waals surface area (Å²) >= 11 is 0. The average molecular weight is 423 g/mol. The van der Waals surface area contributed by atoms with Crippen LogP contribution in [0.25, 0.3) is 17.1 Å². The number of imidazole rings is 1. The monoisotopic (exact) mass is 423 g/mol. The predicted octanol–water partition coefficient (Wildman–Crippen LogP) is 3.07. The highest BCUT2D eigenvalue weighted by Gasteiger charge is 2.49. The number of halogens is 1. The van der Waals surface area contributed by atoms with Crippen molar-refractivity contribution in [3.8, 4) is 22.8 Å². The van der Waals surface area contributed by atoms with Crippen LogP contribution in [0.3, 0.4) is 0 Å². The summed E-state index contributed by atoms with van der Waals surface area (Å²) in [6.45, 7) is 4.58. The van der Waals surface area contributed by atoms with Crippen molar-refractivity contribution in [2.75, 3.05) is 11.9 Å². The van der Waals surface area contributed by atoms with Crippen LogP contribution in [0.2, 0.25) is 0 Å². The van der Waals surface area contributed by atoms with Crippen LogP contribution in [0, 0.1) is 5.82 Å². The third kappa shape index (κ3) is 3.52. The van der Waals surface area contributed by atoms with Crippen molar-refractivity contribution in [1.82, 2.24) is 30.0 Å². The number of hydrogen-bond donors (Lipinski definition) is 2. The Labute approximate surface area is 180 Å². The lowest BCUT2D eigenvalue weighted by atomic mass is 9.84. The lowest BCUT2D eigenvalue weighted by molar-refractivity contribution is 0.207. The molecule has 8 nitrogen and oxygen atoms in total. The Bertz CT molecular complexity index is 1090. The van der Waals surface area contributed by atoms with Crippen molar-refractivity contribution in [3.63, 3.8) is 0 Å². The molecule has 0 spiro atoms. The smallest absolute Gasteiger partial charge is 0.185 e. The van der Waals surface area contributed by atoms with Crippen LogP contribution in [0.4, 0.5) is 10.2 Å². The Kier molecular flexibility index (Phi) is 4.47. The first-order valence-corrected chi connectivity index (χ1v) is 10.5. The number of aromatic nitrogens is 5. The van der Waals surface area contributed by atoms with E-state index in [0.29, 0.717) is 11.9 Å². The molecule has 5 rings (SSSR count). The minimum absolute atomic E-state index is 0.121. The Balaban J connectivity index is 1.39. The van der Waals surface area contributed by atoms with Crippen molar-refractivity contribution in [3.05, 3.63) is 42.9 Å². The number of rotatable bonds is 4. The first kappa shape index (κ1) is 19.9. The second-order valence-corrected chi connectivity index (χ2v) is 9.35. The maximum absolute atomic E-state index is 14.6. The lowest BCUT2D eigenvalue weighted by Crippen LogP contribution is -2.58. The highest BCUT2D eigenvalue weighted by atomic mass is 19.1. The Morgan fingerprint density at radius 3 is 2.55 bits per heavy atom. The average Bonchev–Trinajstić information content (AvgIpc) is 3.34. The second-order valence-electron chi connectivity index (χ2n) is 9.35. The maximum Gasteiger partial charge on any atom is 0.185 e. The van der Waals surface area contributed by atoms with E-state index in [1.54, 1.807) is 18.6 Å². The molecule has 2 aliphatic rings. The van der Waals surface area contributed by atoms with Gasteiger partial charge in [0.25, 0.3) is 0 Å². The topological polar surface area (TPSA) is 92.0 Å². The van der Waals surface area contributed by atoms with Gasteiger partial charge in [0.15, 0.2) is 11.6 Å². The van der Waals surface area contributed by atoms with E-state index in [1.165, 1.54) is 35.9 Å². The van der Waals surface area contributed by atoms with Crippen LogP contribution in [-0.2, 0) is 0 Å². The zero-order chi connectivity index (χ0) is 21.8. The van der Waals surface area contributed by atoms with Gasteiger partial charge in [-0.3, -0.25) is 0 Å². The molecule has 2 aromatic heterocycles. The van der Waals surface area contributed by atoms with Crippen LogP contribution in [-0.4, -0.2) is 54.0 Å². The number of nitrogens with zero attached hydrogens (tertiary/aromatic N) is 6. The molecule has 1 unspecified atom stereocenters. The first-order chi connectivity index (χ1) is 14.8. The fourth-order valence-electron chi connectivity index (χ4n) is 5.17. The van der Waals surface area contributed by atoms with Crippen LogP contribution >= 0.6 is 0 Å². The van der Waals surface area contributed by atoms with Crippen molar-refractivity contribution in [2.24, 2.45) is 0 Å². The van der Waals surface area contributed by atoms with Gasteiger partial charge in [-0.25, -0.2) is 14.4 Å². The molecule has 0 saturated carbocycles. The minimum Gasteiger partial charge on any atom is -0.507 e. The summed E-state index contributed by atoms with van der Waals surface area (Å²) in [4.78, 5) is 10.4. The summed E-state index contributed by atoms with van der Waals surface area (Å²) in [5.41, 5.74) is 0.689. The van der Waals surface area contributed by atoms with Gasteiger partial charge in [0.1, 0.15) is 11.6 Å². The summed E-state index contributed by atoms with van der Waals surface area (Å²) in [6, 6.07) is 2.89. The first-order valence-electron chi connectivity index (χ1n) is 10.5. The maximum atomic E-state index is 14.6. The number of piperidine rings is 1. The quantitative estimate of drug-likeness (QED) is 0.666. The van der Waals surface area contributed by atoms with Gasteiger partial charge >= 0.3 is 0 Å². The molecule has 2 fully saturated rings.